The Bertz CT molecular complexity index is 868. The highest BCUT2D eigenvalue weighted by molar-refractivity contribution is 6.05. The van der Waals surface area contributed by atoms with Crippen LogP contribution in [0.1, 0.15) is 11.6 Å². The van der Waals surface area contributed by atoms with Gasteiger partial charge in [-0.05, 0) is 23.6 Å². The van der Waals surface area contributed by atoms with Gasteiger partial charge in [0.15, 0.2) is 0 Å². The van der Waals surface area contributed by atoms with Crippen LogP contribution in [0, 0.1) is 5.82 Å². The quantitative estimate of drug-likeness (QED) is 0.671. The number of halogens is 1. The lowest BCUT2D eigenvalue weighted by molar-refractivity contribution is -0.119. The Morgan fingerprint density at radius 3 is 2.71 bits per heavy atom. The molecule has 21 heavy (non-hydrogen) atoms. The van der Waals surface area contributed by atoms with E-state index in [1.54, 1.807) is 13.1 Å². The SMILES string of the molecule is CN1C(=O)C(n2ccc3ccccc32)c2cccc(F)c21. The molecule has 0 aliphatic carbocycles. The number of anilines is 1. The maximum atomic E-state index is 14.0. The van der Waals surface area contributed by atoms with Gasteiger partial charge in [0.25, 0.3) is 5.91 Å². The molecule has 3 aromatic rings. The predicted octanol–water partition coefficient (Wildman–Crippen LogP) is 3.35. The molecule has 0 bridgehead atoms. The van der Waals surface area contributed by atoms with Gasteiger partial charge in [0.2, 0.25) is 0 Å². The molecule has 0 saturated carbocycles. The topological polar surface area (TPSA) is 25.2 Å². The Kier molecular flexibility index (Phi) is 2.42. The predicted molar refractivity (Wildman–Crippen MR) is 79.9 cm³/mol. The van der Waals surface area contributed by atoms with E-state index in [4.69, 9.17) is 0 Å². The molecule has 2 heterocycles. The van der Waals surface area contributed by atoms with E-state index in [1.807, 2.05) is 47.2 Å². The summed E-state index contributed by atoms with van der Waals surface area (Å²) in [5.41, 5.74) is 2.07. The Morgan fingerprint density at radius 2 is 1.86 bits per heavy atom. The van der Waals surface area contributed by atoms with Gasteiger partial charge in [-0.2, -0.15) is 0 Å². The highest BCUT2D eigenvalue weighted by Crippen LogP contribution is 2.40. The summed E-state index contributed by atoms with van der Waals surface area (Å²) in [4.78, 5) is 14.0. The monoisotopic (exact) mass is 280 g/mol. The van der Waals surface area contributed by atoms with Crippen molar-refractivity contribution in [1.82, 2.24) is 4.57 Å². The van der Waals surface area contributed by atoms with Crippen LogP contribution in [-0.2, 0) is 4.79 Å². The number of carbonyl (C=O) groups is 1. The Balaban J connectivity index is 1.98. The van der Waals surface area contributed by atoms with Crippen molar-refractivity contribution in [3.8, 4) is 0 Å². The van der Waals surface area contributed by atoms with Crippen LogP contribution in [0.25, 0.3) is 10.9 Å². The molecule has 0 N–H and O–H groups in total. The normalized spacial score (nSPS) is 17.5. The molecule has 1 amide bonds. The summed E-state index contributed by atoms with van der Waals surface area (Å²) in [7, 11) is 1.62. The second kappa shape index (κ2) is 4.19. The number of para-hydroxylation sites is 2. The number of likely N-dealkylation sites (N-methyl/N-ethyl adjacent to an activating group) is 1. The van der Waals surface area contributed by atoms with Crippen LogP contribution in [0.4, 0.5) is 10.1 Å². The summed E-state index contributed by atoms with van der Waals surface area (Å²) in [6.45, 7) is 0. The van der Waals surface area contributed by atoms with Gasteiger partial charge >= 0.3 is 0 Å². The molecule has 3 nitrogen and oxygen atoms in total. The minimum Gasteiger partial charge on any atom is -0.331 e. The molecule has 1 unspecified atom stereocenters. The molecule has 1 aliphatic heterocycles. The molecule has 4 rings (SSSR count). The van der Waals surface area contributed by atoms with E-state index in [9.17, 15) is 9.18 Å². The lowest BCUT2D eigenvalue weighted by Gasteiger charge is -2.14. The van der Waals surface area contributed by atoms with Crippen LogP contribution in [-0.4, -0.2) is 17.5 Å². The smallest absolute Gasteiger partial charge is 0.254 e. The van der Waals surface area contributed by atoms with Gasteiger partial charge in [0.1, 0.15) is 11.9 Å². The lowest BCUT2D eigenvalue weighted by atomic mass is 10.1. The summed E-state index contributed by atoms with van der Waals surface area (Å²) >= 11 is 0. The highest BCUT2D eigenvalue weighted by atomic mass is 19.1. The lowest BCUT2D eigenvalue weighted by Crippen LogP contribution is -2.27. The van der Waals surface area contributed by atoms with Crippen LogP contribution in [0.15, 0.2) is 54.7 Å². The fourth-order valence-electron chi connectivity index (χ4n) is 3.13. The Morgan fingerprint density at radius 1 is 1.05 bits per heavy atom. The number of hydrogen-bond donors (Lipinski definition) is 0. The van der Waals surface area contributed by atoms with E-state index in [-0.39, 0.29) is 11.7 Å². The van der Waals surface area contributed by atoms with Gasteiger partial charge in [0.05, 0.1) is 5.69 Å². The molecule has 0 saturated heterocycles. The molecule has 1 aromatic heterocycles. The number of hydrogen-bond acceptors (Lipinski definition) is 1. The summed E-state index contributed by atoms with van der Waals surface area (Å²) in [5.74, 6) is -0.473. The first-order valence-electron chi connectivity index (χ1n) is 6.80. The largest absolute Gasteiger partial charge is 0.331 e. The van der Waals surface area contributed by atoms with Crippen molar-refractivity contribution in [1.29, 1.82) is 0 Å². The molecule has 2 aromatic carbocycles. The molecular weight excluding hydrogens is 267 g/mol. The zero-order chi connectivity index (χ0) is 14.6. The van der Waals surface area contributed by atoms with Crippen molar-refractivity contribution < 1.29 is 9.18 Å². The van der Waals surface area contributed by atoms with Gasteiger partial charge in [-0.25, -0.2) is 4.39 Å². The molecule has 0 spiro atoms. The van der Waals surface area contributed by atoms with Gasteiger partial charge in [0, 0.05) is 24.3 Å². The number of benzene rings is 2. The van der Waals surface area contributed by atoms with Crippen molar-refractivity contribution >= 4 is 22.5 Å². The number of amides is 1. The summed E-state index contributed by atoms with van der Waals surface area (Å²) < 4.78 is 16.0. The van der Waals surface area contributed by atoms with E-state index in [2.05, 4.69) is 0 Å². The zero-order valence-corrected chi connectivity index (χ0v) is 11.5. The van der Waals surface area contributed by atoms with Crippen molar-refractivity contribution in [3.63, 3.8) is 0 Å². The first-order chi connectivity index (χ1) is 10.2. The summed E-state index contributed by atoms with van der Waals surface area (Å²) in [6.07, 6.45) is 1.89. The average molecular weight is 280 g/mol. The van der Waals surface area contributed by atoms with Crippen LogP contribution < -0.4 is 4.90 Å². The molecule has 1 atom stereocenters. The van der Waals surface area contributed by atoms with Gasteiger partial charge in [-0.3, -0.25) is 4.79 Å². The minimum atomic E-state index is -0.499. The van der Waals surface area contributed by atoms with E-state index in [0.717, 1.165) is 10.9 Å². The van der Waals surface area contributed by atoms with Crippen LogP contribution in [0.2, 0.25) is 0 Å². The van der Waals surface area contributed by atoms with E-state index >= 15 is 0 Å². The fourth-order valence-corrected chi connectivity index (χ4v) is 3.13. The fraction of sp³-hybridized carbons (Fsp3) is 0.118. The third-order valence-corrected chi connectivity index (χ3v) is 4.12. The highest BCUT2D eigenvalue weighted by Gasteiger charge is 2.38. The molecule has 0 fully saturated rings. The average Bonchev–Trinajstić information content (AvgIpc) is 3.01. The van der Waals surface area contributed by atoms with E-state index in [0.29, 0.717) is 11.3 Å². The Labute approximate surface area is 121 Å². The summed E-state index contributed by atoms with van der Waals surface area (Å²) in [5, 5.41) is 1.07. The van der Waals surface area contributed by atoms with Gasteiger partial charge in [-0.15, -0.1) is 0 Å². The van der Waals surface area contributed by atoms with Gasteiger partial charge in [-0.1, -0.05) is 30.3 Å². The van der Waals surface area contributed by atoms with Crippen LogP contribution in [0.5, 0.6) is 0 Å². The molecule has 1 aliphatic rings. The number of fused-ring (bicyclic) bond motifs is 2. The van der Waals surface area contributed by atoms with E-state index in [1.165, 1.54) is 11.0 Å². The van der Waals surface area contributed by atoms with E-state index < -0.39 is 6.04 Å². The second-order valence-electron chi connectivity index (χ2n) is 5.26. The van der Waals surface area contributed by atoms with Crippen LogP contribution >= 0.6 is 0 Å². The molecule has 104 valence electrons. The maximum Gasteiger partial charge on any atom is 0.254 e. The number of carbonyl (C=O) groups excluding carboxylic acids is 1. The zero-order valence-electron chi connectivity index (χ0n) is 11.5. The third-order valence-electron chi connectivity index (χ3n) is 4.12. The molecular formula is C17H13FN2O. The maximum absolute atomic E-state index is 14.0. The third kappa shape index (κ3) is 1.56. The number of rotatable bonds is 1. The summed E-state index contributed by atoms with van der Waals surface area (Å²) in [6, 6.07) is 14.2. The molecule has 0 radical (unpaired) electrons. The van der Waals surface area contributed by atoms with Crippen molar-refractivity contribution in [2.24, 2.45) is 0 Å². The van der Waals surface area contributed by atoms with Crippen LogP contribution in [0.3, 0.4) is 0 Å². The number of nitrogens with zero attached hydrogens (tertiary/aromatic N) is 2. The standard InChI is InChI=1S/C17H13FN2O/c1-19-15-12(6-4-7-13(15)18)16(17(19)21)20-10-9-11-5-2-3-8-14(11)20/h2-10,16H,1H3. The minimum absolute atomic E-state index is 0.114. The van der Waals surface area contributed by atoms with Crippen molar-refractivity contribution in [2.75, 3.05) is 11.9 Å². The first kappa shape index (κ1) is 12.1. The van der Waals surface area contributed by atoms with Crippen molar-refractivity contribution in [2.45, 2.75) is 6.04 Å². The Hall–Kier alpha value is -2.62. The molecule has 4 heteroatoms. The van der Waals surface area contributed by atoms with Gasteiger partial charge < -0.3 is 9.47 Å². The first-order valence-corrected chi connectivity index (χ1v) is 6.80. The number of aromatic nitrogens is 1. The van der Waals surface area contributed by atoms with Crippen molar-refractivity contribution in [3.05, 3.63) is 66.1 Å². The second-order valence-corrected chi connectivity index (χ2v) is 5.26.